The third-order valence-electron chi connectivity index (χ3n) is 4.83. The summed E-state index contributed by atoms with van der Waals surface area (Å²) in [6, 6.07) is 17.5. The van der Waals surface area contributed by atoms with Gasteiger partial charge >= 0.3 is 0 Å². The van der Waals surface area contributed by atoms with Gasteiger partial charge in [-0.3, -0.25) is 9.69 Å². The van der Waals surface area contributed by atoms with Crippen LogP contribution in [-0.4, -0.2) is 37.6 Å². The van der Waals surface area contributed by atoms with Crippen LogP contribution in [0.4, 0.5) is 0 Å². The van der Waals surface area contributed by atoms with Crippen molar-refractivity contribution in [2.75, 3.05) is 20.7 Å². The van der Waals surface area contributed by atoms with Crippen LogP contribution in [0, 0.1) is 0 Å². The predicted octanol–water partition coefficient (Wildman–Crippen LogP) is 4.52. The van der Waals surface area contributed by atoms with Crippen LogP contribution in [0.25, 0.3) is 6.08 Å². The number of amides is 1. The van der Waals surface area contributed by atoms with Crippen LogP contribution in [0.2, 0.25) is 0 Å². The molecule has 1 aromatic heterocycles. The van der Waals surface area contributed by atoms with Gasteiger partial charge in [0.1, 0.15) is 17.6 Å². The van der Waals surface area contributed by atoms with Crippen LogP contribution < -0.4 is 14.8 Å². The zero-order valence-electron chi connectivity index (χ0n) is 18.8. The van der Waals surface area contributed by atoms with Crippen LogP contribution in [0.5, 0.6) is 11.5 Å². The van der Waals surface area contributed by atoms with Gasteiger partial charge < -0.3 is 19.2 Å². The number of carbonyl (C=O) groups is 1. The molecule has 0 aliphatic heterocycles. The number of nitrogens with one attached hydrogen (secondary N) is 1. The van der Waals surface area contributed by atoms with Gasteiger partial charge in [0.05, 0.1) is 26.2 Å². The van der Waals surface area contributed by atoms with E-state index in [2.05, 4.69) is 23.3 Å². The third-order valence-corrected chi connectivity index (χ3v) is 4.83. The zero-order chi connectivity index (χ0) is 22.8. The van der Waals surface area contributed by atoms with E-state index in [1.165, 1.54) is 6.08 Å². The van der Waals surface area contributed by atoms with Crippen molar-refractivity contribution in [3.8, 4) is 11.5 Å². The second kappa shape index (κ2) is 11.8. The van der Waals surface area contributed by atoms with Gasteiger partial charge in [-0.1, -0.05) is 24.3 Å². The summed E-state index contributed by atoms with van der Waals surface area (Å²) in [5, 5.41) is 2.87. The van der Waals surface area contributed by atoms with E-state index in [1.807, 2.05) is 55.5 Å². The normalized spacial score (nSPS) is 12.1. The average molecular weight is 435 g/mol. The van der Waals surface area contributed by atoms with Crippen LogP contribution in [0.3, 0.4) is 0 Å². The van der Waals surface area contributed by atoms with Crippen molar-refractivity contribution < 1.29 is 18.7 Å². The molecule has 0 unspecified atom stereocenters. The highest BCUT2D eigenvalue weighted by Gasteiger charge is 2.08. The van der Waals surface area contributed by atoms with Gasteiger partial charge in [0.25, 0.3) is 0 Å². The fourth-order valence-electron chi connectivity index (χ4n) is 3.24. The van der Waals surface area contributed by atoms with Gasteiger partial charge in [0.15, 0.2) is 0 Å². The summed E-state index contributed by atoms with van der Waals surface area (Å²) in [6.45, 7) is 3.96. The van der Waals surface area contributed by atoms with E-state index in [4.69, 9.17) is 13.9 Å². The fraction of sp³-hybridized carbons (Fsp3) is 0.269. The smallest absolute Gasteiger partial charge is 0.244 e. The summed E-state index contributed by atoms with van der Waals surface area (Å²) >= 11 is 0. The number of hydrogen-bond donors (Lipinski definition) is 1. The van der Waals surface area contributed by atoms with Crippen molar-refractivity contribution in [3.05, 3.63) is 89.9 Å². The number of rotatable bonds is 11. The van der Waals surface area contributed by atoms with Gasteiger partial charge in [-0.25, -0.2) is 0 Å². The van der Waals surface area contributed by atoms with Gasteiger partial charge in [0.2, 0.25) is 5.91 Å². The quantitative estimate of drug-likeness (QED) is 0.450. The molecule has 32 heavy (non-hydrogen) atoms. The van der Waals surface area contributed by atoms with Crippen molar-refractivity contribution >= 4 is 12.0 Å². The lowest BCUT2D eigenvalue weighted by atomic mass is 10.2. The number of ether oxygens (including phenoxy) is 2. The molecule has 3 aromatic rings. The van der Waals surface area contributed by atoms with Crippen molar-refractivity contribution in [2.45, 2.75) is 26.1 Å². The van der Waals surface area contributed by atoms with Crippen molar-refractivity contribution in [1.82, 2.24) is 10.2 Å². The van der Waals surface area contributed by atoms with Gasteiger partial charge in [0, 0.05) is 24.7 Å². The molecular weight excluding hydrogens is 404 g/mol. The van der Waals surface area contributed by atoms with Gasteiger partial charge in [-0.15, -0.1) is 0 Å². The first-order chi connectivity index (χ1) is 15.5. The molecular formula is C26H30N2O4. The van der Waals surface area contributed by atoms with Crippen molar-refractivity contribution in [1.29, 1.82) is 0 Å². The maximum atomic E-state index is 12.1. The molecule has 0 spiro atoms. The van der Waals surface area contributed by atoms with Crippen molar-refractivity contribution in [3.63, 3.8) is 0 Å². The predicted molar refractivity (Wildman–Crippen MR) is 125 cm³/mol. The molecule has 1 heterocycles. The maximum absolute atomic E-state index is 12.1. The Labute approximate surface area is 189 Å². The Morgan fingerprint density at radius 3 is 2.59 bits per heavy atom. The average Bonchev–Trinajstić information content (AvgIpc) is 3.29. The Hall–Kier alpha value is -3.51. The highest BCUT2D eigenvalue weighted by molar-refractivity contribution is 5.91. The van der Waals surface area contributed by atoms with E-state index >= 15 is 0 Å². The molecule has 0 fully saturated rings. The van der Waals surface area contributed by atoms with Gasteiger partial charge in [-0.05, 0) is 61.5 Å². The first-order valence-electron chi connectivity index (χ1n) is 10.6. The largest absolute Gasteiger partial charge is 0.497 e. The number of furan rings is 1. The molecule has 0 aliphatic rings. The maximum Gasteiger partial charge on any atom is 0.244 e. The molecule has 2 aromatic carbocycles. The summed E-state index contributed by atoms with van der Waals surface area (Å²) in [7, 11) is 3.69. The molecule has 1 amide bonds. The molecule has 0 saturated heterocycles. The lowest BCUT2D eigenvalue weighted by Gasteiger charge is -2.18. The Morgan fingerprint density at radius 2 is 1.88 bits per heavy atom. The Balaban J connectivity index is 1.43. The second-order valence-electron chi connectivity index (χ2n) is 7.73. The number of methoxy groups -OCH3 is 1. The molecule has 1 N–H and O–H groups in total. The summed E-state index contributed by atoms with van der Waals surface area (Å²) < 4.78 is 16.3. The SMILES string of the molecule is COc1ccc(/C=C/C(=O)NC[C@@H](C)Oc2cccc(CN(C)Cc3ccoc3)c2)cc1. The van der Waals surface area contributed by atoms with E-state index in [1.54, 1.807) is 25.7 Å². The lowest BCUT2D eigenvalue weighted by molar-refractivity contribution is -0.116. The molecule has 0 saturated carbocycles. The highest BCUT2D eigenvalue weighted by Crippen LogP contribution is 2.17. The number of carbonyl (C=O) groups excluding carboxylic acids is 1. The zero-order valence-corrected chi connectivity index (χ0v) is 18.8. The van der Waals surface area contributed by atoms with Crippen LogP contribution >= 0.6 is 0 Å². The molecule has 0 aliphatic carbocycles. The summed E-state index contributed by atoms with van der Waals surface area (Å²) in [5.41, 5.74) is 3.23. The first kappa shape index (κ1) is 23.2. The minimum atomic E-state index is -0.161. The van der Waals surface area contributed by atoms with E-state index in [0.717, 1.165) is 41.3 Å². The highest BCUT2D eigenvalue weighted by atomic mass is 16.5. The second-order valence-corrected chi connectivity index (χ2v) is 7.73. The number of nitrogens with zero attached hydrogens (tertiary/aromatic N) is 1. The molecule has 6 nitrogen and oxygen atoms in total. The Bertz CT molecular complexity index is 997. The summed E-state index contributed by atoms with van der Waals surface area (Å²) in [4.78, 5) is 14.3. The molecule has 0 bridgehead atoms. The minimum absolute atomic E-state index is 0.160. The molecule has 0 radical (unpaired) electrons. The van der Waals surface area contributed by atoms with E-state index in [0.29, 0.717) is 6.54 Å². The first-order valence-corrected chi connectivity index (χ1v) is 10.6. The fourth-order valence-corrected chi connectivity index (χ4v) is 3.24. The summed E-state index contributed by atoms with van der Waals surface area (Å²) in [6.07, 6.45) is 6.58. The molecule has 168 valence electrons. The monoisotopic (exact) mass is 434 g/mol. The van der Waals surface area contributed by atoms with Gasteiger partial charge in [-0.2, -0.15) is 0 Å². The Kier molecular flexibility index (Phi) is 8.52. The van der Waals surface area contributed by atoms with Crippen molar-refractivity contribution in [2.24, 2.45) is 0 Å². The van der Waals surface area contributed by atoms with Crippen LogP contribution in [-0.2, 0) is 17.9 Å². The van der Waals surface area contributed by atoms with E-state index < -0.39 is 0 Å². The number of benzene rings is 2. The topological polar surface area (TPSA) is 63.9 Å². The lowest BCUT2D eigenvalue weighted by Crippen LogP contribution is -2.32. The minimum Gasteiger partial charge on any atom is -0.497 e. The van der Waals surface area contributed by atoms with Crippen LogP contribution in [0.15, 0.2) is 77.6 Å². The third kappa shape index (κ3) is 7.63. The van der Waals surface area contributed by atoms with Crippen LogP contribution in [0.1, 0.15) is 23.6 Å². The standard InChI is InChI=1S/C26H30N2O4/c1-20(16-27-26(29)12-9-21-7-10-24(30-3)11-8-21)32-25-6-4-5-22(15-25)17-28(2)18-23-13-14-31-19-23/h4-15,19-20H,16-18H2,1-3H3,(H,27,29)/b12-9+/t20-/m1/s1. The Morgan fingerprint density at radius 1 is 1.09 bits per heavy atom. The molecule has 1 atom stereocenters. The van der Waals surface area contributed by atoms with E-state index in [9.17, 15) is 4.79 Å². The molecule has 3 rings (SSSR count). The number of hydrogen-bond acceptors (Lipinski definition) is 5. The summed E-state index contributed by atoms with van der Waals surface area (Å²) in [5.74, 6) is 1.41. The molecule has 6 heteroatoms. The van der Waals surface area contributed by atoms with E-state index in [-0.39, 0.29) is 12.0 Å².